The molecule has 0 radical (unpaired) electrons. The first-order valence-corrected chi connectivity index (χ1v) is 6.45. The monoisotopic (exact) mass is 271 g/mol. The Bertz CT molecular complexity index is 446. The van der Waals surface area contributed by atoms with Gasteiger partial charge in [0.2, 0.25) is 0 Å². The van der Waals surface area contributed by atoms with Crippen LogP contribution < -0.4 is 10.6 Å². The number of aryl methyl sites for hydroxylation is 1. The van der Waals surface area contributed by atoms with Gasteiger partial charge in [-0.25, -0.2) is 14.6 Å². The van der Waals surface area contributed by atoms with E-state index in [1.54, 1.807) is 6.92 Å². The average molecular weight is 271 g/mol. The van der Waals surface area contributed by atoms with Crippen molar-refractivity contribution >= 4 is 23.3 Å². The van der Waals surface area contributed by atoms with Gasteiger partial charge in [0, 0.05) is 11.1 Å². The van der Waals surface area contributed by atoms with Crippen molar-refractivity contribution in [2.24, 2.45) is 0 Å². The molecular weight excluding hydrogens is 254 g/mol. The molecule has 0 saturated carbocycles. The maximum absolute atomic E-state index is 11.6. The fourth-order valence-corrected chi connectivity index (χ4v) is 1.94. The molecule has 0 aromatic carbocycles. The van der Waals surface area contributed by atoms with Crippen molar-refractivity contribution in [3.05, 3.63) is 16.1 Å². The molecule has 1 atom stereocenters. The van der Waals surface area contributed by atoms with Crippen molar-refractivity contribution in [3.8, 4) is 0 Å². The van der Waals surface area contributed by atoms with Gasteiger partial charge in [-0.1, -0.05) is 6.92 Å². The van der Waals surface area contributed by atoms with Gasteiger partial charge < -0.3 is 15.7 Å². The number of thiazole rings is 1. The molecule has 1 unspecified atom stereocenters. The van der Waals surface area contributed by atoms with Crippen LogP contribution in [0, 0.1) is 6.92 Å². The van der Waals surface area contributed by atoms with Crippen LogP contribution in [0.1, 0.15) is 31.0 Å². The number of hydrogen-bond acceptors (Lipinski definition) is 4. The average Bonchev–Trinajstić information content (AvgIpc) is 2.72. The van der Waals surface area contributed by atoms with E-state index in [1.807, 2.05) is 12.3 Å². The lowest BCUT2D eigenvalue weighted by atomic mass is 10.00. The van der Waals surface area contributed by atoms with Crippen LogP contribution in [-0.4, -0.2) is 27.6 Å². The van der Waals surface area contributed by atoms with Gasteiger partial charge in [0.1, 0.15) is 10.5 Å². The second-order valence-electron chi connectivity index (χ2n) is 4.18. The number of carboxylic acids is 1. The first kappa shape index (κ1) is 14.4. The van der Waals surface area contributed by atoms with Crippen LogP contribution >= 0.6 is 11.3 Å². The van der Waals surface area contributed by atoms with Crippen LogP contribution in [0.25, 0.3) is 0 Å². The molecule has 0 bridgehead atoms. The van der Waals surface area contributed by atoms with Crippen molar-refractivity contribution in [3.63, 3.8) is 0 Å². The number of carboxylic acid groups (broad SMARTS) is 1. The molecule has 1 rings (SSSR count). The molecular formula is C11H17N3O3S. The minimum atomic E-state index is -1.25. The molecule has 0 fully saturated rings. The number of hydrogen-bond donors (Lipinski definition) is 3. The Morgan fingerprint density at radius 3 is 2.67 bits per heavy atom. The second-order valence-corrected chi connectivity index (χ2v) is 5.12. The van der Waals surface area contributed by atoms with E-state index in [0.717, 1.165) is 10.7 Å². The van der Waals surface area contributed by atoms with Gasteiger partial charge in [-0.05, 0) is 20.3 Å². The molecule has 1 aromatic rings. The van der Waals surface area contributed by atoms with E-state index in [1.165, 1.54) is 18.3 Å². The highest BCUT2D eigenvalue weighted by Gasteiger charge is 2.32. The highest BCUT2D eigenvalue weighted by molar-refractivity contribution is 7.09. The lowest BCUT2D eigenvalue weighted by Gasteiger charge is -2.24. The molecule has 2 amide bonds. The summed E-state index contributed by atoms with van der Waals surface area (Å²) in [6.07, 6.45) is 0.312. The minimum absolute atomic E-state index is 0.295. The van der Waals surface area contributed by atoms with E-state index < -0.39 is 17.5 Å². The molecule has 1 aromatic heterocycles. The number of rotatable bonds is 5. The Morgan fingerprint density at radius 2 is 2.22 bits per heavy atom. The lowest BCUT2D eigenvalue weighted by Crippen LogP contribution is -2.54. The van der Waals surface area contributed by atoms with Crippen molar-refractivity contribution in [2.75, 3.05) is 0 Å². The SMILES string of the molecule is CCC(C)(NC(=O)NCc1nc(C)cs1)C(=O)O. The molecule has 6 nitrogen and oxygen atoms in total. The Labute approximate surface area is 109 Å². The standard InChI is InChI=1S/C11H17N3O3S/c1-4-11(3,9(15)16)14-10(17)12-5-8-13-7(2)6-18-8/h6H,4-5H2,1-3H3,(H,15,16)(H2,12,14,17). The van der Waals surface area contributed by atoms with Crippen LogP contribution in [0.5, 0.6) is 0 Å². The molecule has 1 heterocycles. The number of carbonyl (C=O) groups excluding carboxylic acids is 1. The molecule has 7 heteroatoms. The lowest BCUT2D eigenvalue weighted by molar-refractivity contribution is -0.143. The van der Waals surface area contributed by atoms with E-state index in [-0.39, 0.29) is 0 Å². The third kappa shape index (κ3) is 3.69. The quantitative estimate of drug-likeness (QED) is 0.757. The predicted molar refractivity (Wildman–Crippen MR) is 68.6 cm³/mol. The zero-order valence-electron chi connectivity index (χ0n) is 10.6. The van der Waals surface area contributed by atoms with Gasteiger partial charge >= 0.3 is 12.0 Å². The third-order valence-corrected chi connectivity index (χ3v) is 3.60. The van der Waals surface area contributed by atoms with Gasteiger partial charge in [0.25, 0.3) is 0 Å². The highest BCUT2D eigenvalue weighted by atomic mass is 32.1. The van der Waals surface area contributed by atoms with Gasteiger partial charge in [-0.3, -0.25) is 0 Å². The summed E-state index contributed by atoms with van der Waals surface area (Å²) < 4.78 is 0. The van der Waals surface area contributed by atoms with Crippen LogP contribution in [0.4, 0.5) is 4.79 Å². The van der Waals surface area contributed by atoms with Crippen LogP contribution in [-0.2, 0) is 11.3 Å². The van der Waals surface area contributed by atoms with E-state index in [4.69, 9.17) is 5.11 Å². The normalized spacial score (nSPS) is 13.7. The first-order chi connectivity index (χ1) is 8.37. The number of aromatic nitrogens is 1. The molecule has 100 valence electrons. The fraction of sp³-hybridized carbons (Fsp3) is 0.545. The molecule has 0 aliphatic heterocycles. The number of nitrogens with one attached hydrogen (secondary N) is 2. The van der Waals surface area contributed by atoms with Crippen molar-refractivity contribution in [1.29, 1.82) is 0 Å². The Morgan fingerprint density at radius 1 is 1.56 bits per heavy atom. The van der Waals surface area contributed by atoms with Gasteiger partial charge in [-0.2, -0.15) is 0 Å². The van der Waals surface area contributed by atoms with Crippen molar-refractivity contribution < 1.29 is 14.7 Å². The van der Waals surface area contributed by atoms with E-state index in [2.05, 4.69) is 15.6 Å². The molecule has 0 aliphatic rings. The summed E-state index contributed by atoms with van der Waals surface area (Å²) in [5.41, 5.74) is -0.343. The zero-order valence-corrected chi connectivity index (χ0v) is 11.4. The number of carbonyl (C=O) groups is 2. The van der Waals surface area contributed by atoms with Gasteiger partial charge in [0.05, 0.1) is 6.54 Å². The largest absolute Gasteiger partial charge is 0.480 e. The maximum atomic E-state index is 11.6. The molecule has 18 heavy (non-hydrogen) atoms. The maximum Gasteiger partial charge on any atom is 0.329 e. The summed E-state index contributed by atoms with van der Waals surface area (Å²) in [5, 5.41) is 16.7. The summed E-state index contributed by atoms with van der Waals surface area (Å²) >= 11 is 1.45. The van der Waals surface area contributed by atoms with E-state index in [0.29, 0.717) is 13.0 Å². The molecule has 0 aliphatic carbocycles. The summed E-state index contributed by atoms with van der Waals surface area (Å²) in [4.78, 5) is 26.8. The summed E-state index contributed by atoms with van der Waals surface area (Å²) in [7, 11) is 0. The van der Waals surface area contributed by atoms with E-state index >= 15 is 0 Å². The number of nitrogens with zero attached hydrogens (tertiary/aromatic N) is 1. The van der Waals surface area contributed by atoms with Crippen molar-refractivity contribution in [2.45, 2.75) is 39.3 Å². The predicted octanol–water partition coefficient (Wildman–Crippen LogP) is 1.50. The minimum Gasteiger partial charge on any atom is -0.480 e. The van der Waals surface area contributed by atoms with Gasteiger partial charge in [0.15, 0.2) is 0 Å². The van der Waals surface area contributed by atoms with E-state index in [9.17, 15) is 9.59 Å². The number of urea groups is 1. The Hall–Kier alpha value is -1.63. The van der Waals surface area contributed by atoms with Crippen LogP contribution in [0.3, 0.4) is 0 Å². The van der Waals surface area contributed by atoms with Crippen molar-refractivity contribution in [1.82, 2.24) is 15.6 Å². The first-order valence-electron chi connectivity index (χ1n) is 5.58. The number of amides is 2. The van der Waals surface area contributed by atoms with Crippen LogP contribution in [0.2, 0.25) is 0 Å². The van der Waals surface area contributed by atoms with Crippen LogP contribution in [0.15, 0.2) is 5.38 Å². The fourth-order valence-electron chi connectivity index (χ4n) is 1.23. The smallest absolute Gasteiger partial charge is 0.329 e. The Kier molecular flexibility index (Phi) is 4.66. The number of aliphatic carboxylic acids is 1. The highest BCUT2D eigenvalue weighted by Crippen LogP contribution is 2.10. The third-order valence-electron chi connectivity index (χ3n) is 2.64. The molecule has 3 N–H and O–H groups in total. The molecule has 0 spiro atoms. The van der Waals surface area contributed by atoms with Gasteiger partial charge in [-0.15, -0.1) is 11.3 Å². The summed E-state index contributed by atoms with van der Waals surface area (Å²) in [6.45, 7) is 5.35. The summed E-state index contributed by atoms with van der Waals surface area (Å²) in [6, 6.07) is -0.505. The zero-order chi connectivity index (χ0) is 13.8. The Balaban J connectivity index is 2.49. The topological polar surface area (TPSA) is 91.3 Å². The summed E-state index contributed by atoms with van der Waals surface area (Å²) in [5.74, 6) is -1.05. The second kappa shape index (κ2) is 5.81. The molecule has 0 saturated heterocycles.